The molecule has 2 aromatic rings. The molecule has 72 valence electrons. The Morgan fingerprint density at radius 1 is 1.64 bits per heavy atom. The predicted octanol–water partition coefficient (Wildman–Crippen LogP) is 1.13. The van der Waals surface area contributed by atoms with E-state index in [1.165, 1.54) is 0 Å². The van der Waals surface area contributed by atoms with Crippen LogP contribution in [0.25, 0.3) is 10.9 Å². The number of hydrogen-bond donors (Lipinski definition) is 1. The van der Waals surface area contributed by atoms with E-state index >= 15 is 0 Å². The van der Waals surface area contributed by atoms with Crippen molar-refractivity contribution in [3.8, 4) is 0 Å². The SMILES string of the molecule is CCOC(=O)c1n[nH]c2ccncc12. The van der Waals surface area contributed by atoms with Gasteiger partial charge in [-0.05, 0) is 13.0 Å². The molecule has 2 rings (SSSR count). The van der Waals surface area contributed by atoms with E-state index in [-0.39, 0.29) is 5.69 Å². The van der Waals surface area contributed by atoms with Gasteiger partial charge in [-0.25, -0.2) is 4.79 Å². The fraction of sp³-hybridized carbons (Fsp3) is 0.222. The van der Waals surface area contributed by atoms with Crippen LogP contribution >= 0.6 is 0 Å². The van der Waals surface area contributed by atoms with Gasteiger partial charge in [0.15, 0.2) is 5.69 Å². The quantitative estimate of drug-likeness (QED) is 0.722. The fourth-order valence-electron chi connectivity index (χ4n) is 1.21. The Hall–Kier alpha value is -1.91. The van der Waals surface area contributed by atoms with Gasteiger partial charge >= 0.3 is 5.97 Å². The predicted molar refractivity (Wildman–Crippen MR) is 49.8 cm³/mol. The lowest BCUT2D eigenvalue weighted by Gasteiger charge is -1.96. The van der Waals surface area contributed by atoms with Crippen LogP contribution in [-0.4, -0.2) is 27.8 Å². The van der Waals surface area contributed by atoms with Crippen LogP contribution in [0, 0.1) is 0 Å². The smallest absolute Gasteiger partial charge is 0.359 e. The summed E-state index contributed by atoms with van der Waals surface area (Å²) in [4.78, 5) is 15.3. The minimum Gasteiger partial charge on any atom is -0.461 e. The third kappa shape index (κ3) is 1.32. The molecule has 0 atom stereocenters. The van der Waals surface area contributed by atoms with E-state index in [4.69, 9.17) is 4.74 Å². The van der Waals surface area contributed by atoms with Crippen molar-refractivity contribution in [3.63, 3.8) is 0 Å². The first-order chi connectivity index (χ1) is 6.83. The molecule has 0 radical (unpaired) electrons. The van der Waals surface area contributed by atoms with E-state index in [1.807, 2.05) is 0 Å². The number of ether oxygens (including phenoxy) is 1. The molecule has 2 heterocycles. The Balaban J connectivity index is 2.47. The van der Waals surface area contributed by atoms with Crippen LogP contribution in [0.1, 0.15) is 17.4 Å². The number of rotatable bonds is 2. The van der Waals surface area contributed by atoms with Gasteiger partial charge in [0.1, 0.15) is 0 Å². The lowest BCUT2D eigenvalue weighted by molar-refractivity contribution is 0.0521. The number of pyridine rings is 1. The minimum atomic E-state index is -0.424. The summed E-state index contributed by atoms with van der Waals surface area (Å²) >= 11 is 0. The standard InChI is InChI=1S/C9H9N3O2/c1-2-14-9(13)8-6-5-10-4-3-7(6)11-12-8/h3-5H,2H2,1H3,(H,11,12). The molecular formula is C9H9N3O2. The van der Waals surface area contributed by atoms with Crippen LogP contribution in [-0.2, 0) is 4.74 Å². The molecule has 0 aliphatic heterocycles. The zero-order valence-electron chi connectivity index (χ0n) is 7.65. The number of carbonyl (C=O) groups excluding carboxylic acids is 1. The minimum absolute atomic E-state index is 0.287. The summed E-state index contributed by atoms with van der Waals surface area (Å²) < 4.78 is 4.85. The van der Waals surface area contributed by atoms with Gasteiger partial charge in [0.2, 0.25) is 0 Å². The molecule has 0 aliphatic rings. The number of aromatic amines is 1. The second-order valence-electron chi connectivity index (χ2n) is 2.71. The van der Waals surface area contributed by atoms with Crippen molar-refractivity contribution >= 4 is 16.9 Å². The summed E-state index contributed by atoms with van der Waals surface area (Å²) in [5.74, 6) is -0.424. The van der Waals surface area contributed by atoms with Crippen molar-refractivity contribution in [1.82, 2.24) is 15.2 Å². The second-order valence-corrected chi connectivity index (χ2v) is 2.71. The highest BCUT2D eigenvalue weighted by molar-refractivity contribution is 6.01. The highest BCUT2D eigenvalue weighted by Crippen LogP contribution is 2.14. The van der Waals surface area contributed by atoms with Crippen molar-refractivity contribution in [1.29, 1.82) is 0 Å². The second kappa shape index (κ2) is 3.45. The van der Waals surface area contributed by atoms with Crippen molar-refractivity contribution < 1.29 is 9.53 Å². The van der Waals surface area contributed by atoms with Crippen LogP contribution in [0.5, 0.6) is 0 Å². The van der Waals surface area contributed by atoms with Gasteiger partial charge in [0.25, 0.3) is 0 Å². The highest BCUT2D eigenvalue weighted by Gasteiger charge is 2.14. The van der Waals surface area contributed by atoms with Crippen LogP contribution in [0.2, 0.25) is 0 Å². The topological polar surface area (TPSA) is 67.9 Å². The molecule has 0 bridgehead atoms. The van der Waals surface area contributed by atoms with Gasteiger partial charge in [0, 0.05) is 12.4 Å². The van der Waals surface area contributed by atoms with Crippen LogP contribution in [0.4, 0.5) is 0 Å². The molecule has 0 saturated heterocycles. The molecule has 0 unspecified atom stereocenters. The Morgan fingerprint density at radius 2 is 2.50 bits per heavy atom. The Kier molecular flexibility index (Phi) is 2.14. The molecule has 5 nitrogen and oxygen atoms in total. The Labute approximate surface area is 80.1 Å². The number of carbonyl (C=O) groups is 1. The summed E-state index contributed by atoms with van der Waals surface area (Å²) in [5.41, 5.74) is 1.07. The van der Waals surface area contributed by atoms with E-state index in [0.29, 0.717) is 12.0 Å². The fourth-order valence-corrected chi connectivity index (χ4v) is 1.21. The van der Waals surface area contributed by atoms with Crippen LogP contribution in [0.15, 0.2) is 18.5 Å². The molecule has 0 amide bonds. The molecular weight excluding hydrogens is 182 g/mol. The lowest BCUT2D eigenvalue weighted by atomic mass is 10.2. The monoisotopic (exact) mass is 191 g/mol. The first-order valence-corrected chi connectivity index (χ1v) is 4.28. The highest BCUT2D eigenvalue weighted by atomic mass is 16.5. The van der Waals surface area contributed by atoms with E-state index in [9.17, 15) is 4.79 Å². The molecule has 2 aromatic heterocycles. The van der Waals surface area contributed by atoms with E-state index in [1.54, 1.807) is 25.4 Å². The normalized spacial score (nSPS) is 10.4. The van der Waals surface area contributed by atoms with Crippen molar-refractivity contribution in [2.45, 2.75) is 6.92 Å². The average molecular weight is 191 g/mol. The third-order valence-corrected chi connectivity index (χ3v) is 1.83. The largest absolute Gasteiger partial charge is 0.461 e. The maximum atomic E-state index is 11.4. The summed E-state index contributed by atoms with van der Waals surface area (Å²) in [6, 6.07) is 1.76. The number of fused-ring (bicyclic) bond motifs is 1. The molecule has 0 aromatic carbocycles. The van der Waals surface area contributed by atoms with E-state index in [0.717, 1.165) is 5.52 Å². The molecule has 0 fully saturated rings. The van der Waals surface area contributed by atoms with Gasteiger partial charge in [-0.2, -0.15) is 5.10 Å². The number of aromatic nitrogens is 3. The van der Waals surface area contributed by atoms with Crippen LogP contribution in [0.3, 0.4) is 0 Å². The molecule has 5 heteroatoms. The maximum absolute atomic E-state index is 11.4. The number of esters is 1. The Bertz CT molecular complexity index is 464. The number of nitrogens with one attached hydrogen (secondary N) is 1. The first kappa shape index (κ1) is 8.68. The van der Waals surface area contributed by atoms with Gasteiger partial charge < -0.3 is 4.74 Å². The van der Waals surface area contributed by atoms with Crippen molar-refractivity contribution in [2.24, 2.45) is 0 Å². The summed E-state index contributed by atoms with van der Waals surface area (Å²) in [5, 5.41) is 7.30. The average Bonchev–Trinajstić information content (AvgIpc) is 2.61. The van der Waals surface area contributed by atoms with Crippen molar-refractivity contribution in [3.05, 3.63) is 24.2 Å². The van der Waals surface area contributed by atoms with Gasteiger partial charge in [-0.15, -0.1) is 0 Å². The van der Waals surface area contributed by atoms with Gasteiger partial charge in [-0.1, -0.05) is 0 Å². The van der Waals surface area contributed by atoms with Gasteiger partial charge in [-0.3, -0.25) is 10.1 Å². The number of H-pyrrole nitrogens is 1. The third-order valence-electron chi connectivity index (χ3n) is 1.83. The molecule has 0 saturated carbocycles. The number of nitrogens with zero attached hydrogens (tertiary/aromatic N) is 2. The van der Waals surface area contributed by atoms with Crippen molar-refractivity contribution in [2.75, 3.05) is 6.61 Å². The summed E-state index contributed by atoms with van der Waals surface area (Å²) in [6.07, 6.45) is 3.22. The summed E-state index contributed by atoms with van der Waals surface area (Å²) in [6.45, 7) is 2.10. The Morgan fingerprint density at radius 3 is 3.29 bits per heavy atom. The lowest BCUT2D eigenvalue weighted by Crippen LogP contribution is -2.05. The molecule has 1 N–H and O–H groups in total. The van der Waals surface area contributed by atoms with E-state index in [2.05, 4.69) is 15.2 Å². The van der Waals surface area contributed by atoms with Crippen LogP contribution < -0.4 is 0 Å². The zero-order valence-corrected chi connectivity index (χ0v) is 7.65. The molecule has 14 heavy (non-hydrogen) atoms. The zero-order chi connectivity index (χ0) is 9.97. The molecule has 0 spiro atoms. The molecule has 0 aliphatic carbocycles. The number of hydrogen-bond acceptors (Lipinski definition) is 4. The first-order valence-electron chi connectivity index (χ1n) is 4.28. The summed E-state index contributed by atoms with van der Waals surface area (Å²) in [7, 11) is 0. The maximum Gasteiger partial charge on any atom is 0.359 e. The van der Waals surface area contributed by atoms with Gasteiger partial charge in [0.05, 0.1) is 17.5 Å². The van der Waals surface area contributed by atoms with E-state index < -0.39 is 5.97 Å².